The van der Waals surface area contributed by atoms with Crippen molar-refractivity contribution >= 4 is 23.3 Å². The van der Waals surface area contributed by atoms with Crippen LogP contribution in [0.5, 0.6) is 0 Å². The number of aromatic nitrogens is 2. The molecule has 128 valence electrons. The van der Waals surface area contributed by atoms with E-state index in [2.05, 4.69) is 5.10 Å². The maximum Gasteiger partial charge on any atom is 0.246 e. The van der Waals surface area contributed by atoms with E-state index in [0.717, 1.165) is 34.7 Å². The minimum absolute atomic E-state index is 0.0124. The van der Waals surface area contributed by atoms with Crippen molar-refractivity contribution in [3.63, 3.8) is 0 Å². The Bertz CT molecular complexity index is 763. The first-order valence-corrected chi connectivity index (χ1v) is 8.87. The molecule has 1 aliphatic heterocycles. The summed E-state index contributed by atoms with van der Waals surface area (Å²) in [6, 6.07) is 1.87. The fourth-order valence-electron chi connectivity index (χ4n) is 2.96. The van der Waals surface area contributed by atoms with Gasteiger partial charge in [0.2, 0.25) is 5.91 Å². The second kappa shape index (κ2) is 7.29. The molecule has 0 atom stereocenters. The zero-order valence-corrected chi connectivity index (χ0v) is 14.4. The summed E-state index contributed by atoms with van der Waals surface area (Å²) >= 11 is 1.50. The first kappa shape index (κ1) is 16.9. The summed E-state index contributed by atoms with van der Waals surface area (Å²) in [6.45, 7) is 3.84. The molecule has 2 N–H and O–H groups in total. The first-order chi connectivity index (χ1) is 11.7. The molecule has 0 aromatic carbocycles. The van der Waals surface area contributed by atoms with Gasteiger partial charge in [-0.1, -0.05) is 0 Å². The molecule has 0 spiro atoms. The average Bonchev–Trinajstić information content (AvgIpc) is 3.22. The third-order valence-corrected chi connectivity index (χ3v) is 5.17. The van der Waals surface area contributed by atoms with Crippen molar-refractivity contribution in [2.24, 2.45) is 0 Å². The summed E-state index contributed by atoms with van der Waals surface area (Å²) in [5.41, 5.74) is 3.62. The molecule has 7 heteroatoms. The quantitative estimate of drug-likeness (QED) is 0.805. The Morgan fingerprint density at radius 2 is 2.25 bits per heavy atom. The van der Waals surface area contributed by atoms with Crippen LogP contribution < -0.4 is 0 Å². The monoisotopic (exact) mass is 347 g/mol. The minimum atomic E-state index is -0.105. The predicted molar refractivity (Wildman–Crippen MR) is 92.2 cm³/mol. The number of hydrogen-bond donors (Lipinski definition) is 2. The van der Waals surface area contributed by atoms with Gasteiger partial charge >= 0.3 is 0 Å². The van der Waals surface area contributed by atoms with E-state index in [9.17, 15) is 9.90 Å². The van der Waals surface area contributed by atoms with Crippen molar-refractivity contribution in [1.29, 1.82) is 0 Å². The molecule has 2 aromatic rings. The van der Waals surface area contributed by atoms with Crippen LogP contribution >= 0.6 is 11.3 Å². The number of amides is 1. The van der Waals surface area contributed by atoms with Gasteiger partial charge in [0.05, 0.1) is 18.9 Å². The molecule has 0 bridgehead atoms. The molecule has 3 rings (SSSR count). The molecule has 1 amide bonds. The fraction of sp³-hybridized carbons (Fsp3) is 0.412. The molecule has 0 unspecified atom stereocenters. The molecule has 0 radical (unpaired) electrons. The number of carbonyl (C=O) groups is 1. The standard InChI is InChI=1S/C17H21N3O3S/c1-2-20-16-5-6-19(8-14(16)15(10-22)18-20)17(23)4-3-13-7-12(9-21)11-24-13/h3-4,7,11,21-22H,2,5-6,8-10H2,1H3. The Hall–Kier alpha value is -1.96. The van der Waals surface area contributed by atoms with Crippen molar-refractivity contribution in [2.75, 3.05) is 6.54 Å². The van der Waals surface area contributed by atoms with E-state index < -0.39 is 0 Å². The van der Waals surface area contributed by atoms with Gasteiger partial charge in [-0.25, -0.2) is 0 Å². The number of aryl methyl sites for hydroxylation is 1. The van der Waals surface area contributed by atoms with Crippen LogP contribution in [0, 0.1) is 0 Å². The number of rotatable bonds is 5. The third-order valence-electron chi connectivity index (χ3n) is 4.22. The molecular formula is C17H21N3O3S. The van der Waals surface area contributed by atoms with E-state index in [1.807, 2.05) is 23.1 Å². The number of nitrogens with zero attached hydrogens (tertiary/aromatic N) is 3. The molecule has 0 saturated heterocycles. The summed E-state index contributed by atoms with van der Waals surface area (Å²) in [4.78, 5) is 15.2. The highest BCUT2D eigenvalue weighted by atomic mass is 32.1. The lowest BCUT2D eigenvalue weighted by atomic mass is 10.1. The van der Waals surface area contributed by atoms with Crippen LogP contribution in [0.25, 0.3) is 6.08 Å². The Morgan fingerprint density at radius 1 is 1.42 bits per heavy atom. The topological polar surface area (TPSA) is 78.6 Å². The molecular weight excluding hydrogens is 326 g/mol. The highest BCUT2D eigenvalue weighted by molar-refractivity contribution is 7.11. The molecule has 3 heterocycles. The van der Waals surface area contributed by atoms with E-state index in [0.29, 0.717) is 18.8 Å². The lowest BCUT2D eigenvalue weighted by molar-refractivity contribution is -0.126. The summed E-state index contributed by atoms with van der Waals surface area (Å²) in [5.74, 6) is -0.0484. The van der Waals surface area contributed by atoms with Gasteiger partial charge in [-0.2, -0.15) is 5.10 Å². The van der Waals surface area contributed by atoms with Crippen LogP contribution in [-0.4, -0.2) is 37.3 Å². The predicted octanol–water partition coefficient (Wildman–Crippen LogP) is 1.55. The minimum Gasteiger partial charge on any atom is -0.392 e. The van der Waals surface area contributed by atoms with Gasteiger partial charge < -0.3 is 15.1 Å². The van der Waals surface area contributed by atoms with Gasteiger partial charge in [0, 0.05) is 48.3 Å². The number of aliphatic hydroxyl groups excluding tert-OH is 2. The molecule has 0 saturated carbocycles. The average molecular weight is 347 g/mol. The Kier molecular flexibility index (Phi) is 5.13. The van der Waals surface area contributed by atoms with E-state index in [1.54, 1.807) is 17.1 Å². The van der Waals surface area contributed by atoms with Crippen LogP contribution in [0.15, 0.2) is 17.5 Å². The van der Waals surface area contributed by atoms with E-state index in [-0.39, 0.29) is 19.1 Å². The highest BCUT2D eigenvalue weighted by Crippen LogP contribution is 2.23. The van der Waals surface area contributed by atoms with Crippen LogP contribution in [-0.2, 0) is 37.5 Å². The Balaban J connectivity index is 1.72. The SMILES string of the molecule is CCn1nc(CO)c2c1CCN(C(=O)C=Cc1cc(CO)cs1)C2. The van der Waals surface area contributed by atoms with Gasteiger partial charge in [0.15, 0.2) is 0 Å². The zero-order chi connectivity index (χ0) is 17.1. The van der Waals surface area contributed by atoms with E-state index >= 15 is 0 Å². The normalized spacial score (nSPS) is 14.4. The molecule has 0 aliphatic carbocycles. The maximum absolute atomic E-state index is 12.4. The number of fused-ring (bicyclic) bond motifs is 1. The summed E-state index contributed by atoms with van der Waals surface area (Å²) in [5, 5.41) is 24.9. The lowest BCUT2D eigenvalue weighted by Crippen LogP contribution is -2.35. The van der Waals surface area contributed by atoms with Crippen molar-refractivity contribution in [2.45, 2.75) is 39.6 Å². The second-order valence-corrected chi connectivity index (χ2v) is 6.65. The summed E-state index contributed by atoms with van der Waals surface area (Å²) < 4.78 is 1.92. The molecule has 1 aliphatic rings. The Morgan fingerprint density at radius 3 is 2.92 bits per heavy atom. The largest absolute Gasteiger partial charge is 0.392 e. The number of hydrogen-bond acceptors (Lipinski definition) is 5. The second-order valence-electron chi connectivity index (χ2n) is 5.70. The van der Waals surface area contributed by atoms with Gasteiger partial charge in [-0.05, 0) is 30.0 Å². The smallest absolute Gasteiger partial charge is 0.246 e. The molecule has 0 fully saturated rings. The van der Waals surface area contributed by atoms with Gasteiger partial charge in [0.25, 0.3) is 0 Å². The number of aliphatic hydroxyl groups is 2. The highest BCUT2D eigenvalue weighted by Gasteiger charge is 2.25. The molecule has 24 heavy (non-hydrogen) atoms. The first-order valence-electron chi connectivity index (χ1n) is 7.99. The Labute approximate surface area is 144 Å². The van der Waals surface area contributed by atoms with Crippen LogP contribution in [0.1, 0.15) is 34.3 Å². The van der Waals surface area contributed by atoms with Gasteiger partial charge in [-0.3, -0.25) is 9.48 Å². The third kappa shape index (κ3) is 3.28. The van der Waals surface area contributed by atoms with E-state index in [4.69, 9.17) is 5.11 Å². The van der Waals surface area contributed by atoms with E-state index in [1.165, 1.54) is 11.3 Å². The van der Waals surface area contributed by atoms with Crippen molar-refractivity contribution in [3.8, 4) is 0 Å². The van der Waals surface area contributed by atoms with Crippen LogP contribution in [0.3, 0.4) is 0 Å². The van der Waals surface area contributed by atoms with Crippen molar-refractivity contribution in [1.82, 2.24) is 14.7 Å². The molecule has 2 aromatic heterocycles. The van der Waals surface area contributed by atoms with Gasteiger partial charge in [-0.15, -0.1) is 11.3 Å². The van der Waals surface area contributed by atoms with Crippen LogP contribution in [0.2, 0.25) is 0 Å². The molecule has 6 nitrogen and oxygen atoms in total. The van der Waals surface area contributed by atoms with Crippen LogP contribution in [0.4, 0.5) is 0 Å². The lowest BCUT2D eigenvalue weighted by Gasteiger charge is -2.26. The summed E-state index contributed by atoms with van der Waals surface area (Å²) in [7, 11) is 0. The fourth-order valence-corrected chi connectivity index (χ4v) is 3.76. The zero-order valence-electron chi connectivity index (χ0n) is 13.6. The summed E-state index contributed by atoms with van der Waals surface area (Å²) in [6.07, 6.45) is 4.11. The number of thiophene rings is 1. The van der Waals surface area contributed by atoms with Gasteiger partial charge in [0.1, 0.15) is 0 Å². The number of carbonyl (C=O) groups excluding carboxylic acids is 1. The van der Waals surface area contributed by atoms with Crippen molar-refractivity contribution in [3.05, 3.63) is 44.9 Å². The maximum atomic E-state index is 12.4. The van der Waals surface area contributed by atoms with Crippen molar-refractivity contribution < 1.29 is 15.0 Å².